The fourth-order valence-corrected chi connectivity index (χ4v) is 6.09. The maximum absolute atomic E-state index is 12.9. The predicted octanol–water partition coefficient (Wildman–Crippen LogP) is 4.52. The molecule has 0 saturated carbocycles. The molecule has 0 spiro atoms. The summed E-state index contributed by atoms with van der Waals surface area (Å²) in [6, 6.07) is 8.76. The third kappa shape index (κ3) is 5.67. The lowest BCUT2D eigenvalue weighted by Gasteiger charge is -2.49. The number of benzene rings is 2. The van der Waals surface area contributed by atoms with Crippen molar-refractivity contribution >= 4 is 64.3 Å². The number of imidazole rings is 1. The first-order chi connectivity index (χ1) is 18.7. The SMILES string of the molecule is O=C(Cc1cnc[nH]1)NC1C(=O)N2C(C(=O)O)=C(COc3cccc(Cl)c3Oc3ccc(Cl)cc3Cl)CS[C@@H]12. The number of aromatic amines is 1. The quantitative estimate of drug-likeness (QED) is 0.302. The average Bonchev–Trinajstić information content (AvgIpc) is 3.41. The summed E-state index contributed by atoms with van der Waals surface area (Å²) in [5.74, 6) is -1.16. The number of aliphatic carboxylic acids is 1. The number of β-lactam (4-membered cyclic amide) rings is 1. The van der Waals surface area contributed by atoms with E-state index in [2.05, 4.69) is 15.3 Å². The number of carboxylic acids is 1. The number of rotatable bonds is 9. The summed E-state index contributed by atoms with van der Waals surface area (Å²) in [5, 5.41) is 13.0. The van der Waals surface area contributed by atoms with Crippen LogP contribution in [0.4, 0.5) is 0 Å². The first-order valence-electron chi connectivity index (χ1n) is 11.4. The van der Waals surface area contributed by atoms with Gasteiger partial charge in [0.1, 0.15) is 29.5 Å². The Labute approximate surface area is 241 Å². The number of hydrogen-bond donors (Lipinski definition) is 3. The van der Waals surface area contributed by atoms with Crippen LogP contribution >= 0.6 is 46.6 Å². The summed E-state index contributed by atoms with van der Waals surface area (Å²) in [5.41, 5.74) is 0.809. The number of nitrogens with zero attached hydrogens (tertiary/aromatic N) is 2. The lowest BCUT2D eigenvalue weighted by Crippen LogP contribution is -2.70. The van der Waals surface area contributed by atoms with E-state index in [9.17, 15) is 19.5 Å². The Morgan fingerprint density at radius 2 is 2.00 bits per heavy atom. The number of amides is 2. The largest absolute Gasteiger partial charge is 0.485 e. The number of para-hydroxylation sites is 1. The molecule has 0 bridgehead atoms. The van der Waals surface area contributed by atoms with E-state index in [1.165, 1.54) is 35.3 Å². The highest BCUT2D eigenvalue weighted by Crippen LogP contribution is 2.43. The molecule has 0 aliphatic carbocycles. The van der Waals surface area contributed by atoms with Crippen LogP contribution in [0.2, 0.25) is 15.1 Å². The number of thioether (sulfide) groups is 1. The van der Waals surface area contributed by atoms with Crippen molar-refractivity contribution in [1.82, 2.24) is 20.2 Å². The van der Waals surface area contributed by atoms with Gasteiger partial charge in [-0.3, -0.25) is 14.5 Å². The summed E-state index contributed by atoms with van der Waals surface area (Å²) >= 11 is 19.9. The van der Waals surface area contributed by atoms with Gasteiger partial charge in [0.15, 0.2) is 11.5 Å². The summed E-state index contributed by atoms with van der Waals surface area (Å²) in [6.45, 7) is -0.146. The normalized spacial score (nSPS) is 18.3. The summed E-state index contributed by atoms with van der Waals surface area (Å²) in [6.07, 6.45) is 2.99. The molecule has 14 heteroatoms. The number of nitrogens with one attached hydrogen (secondary N) is 2. The molecular formula is C25H19Cl3N4O6S. The monoisotopic (exact) mass is 608 g/mol. The summed E-state index contributed by atoms with van der Waals surface area (Å²) < 4.78 is 11.8. The van der Waals surface area contributed by atoms with Crippen LogP contribution in [0.1, 0.15) is 5.69 Å². The Hall–Kier alpha value is -3.38. The Morgan fingerprint density at radius 1 is 1.18 bits per heavy atom. The molecule has 5 rings (SSSR count). The second-order valence-corrected chi connectivity index (χ2v) is 10.9. The molecule has 10 nitrogen and oxygen atoms in total. The van der Waals surface area contributed by atoms with Gasteiger partial charge in [0, 0.05) is 28.2 Å². The Balaban J connectivity index is 1.31. The topological polar surface area (TPSA) is 134 Å². The van der Waals surface area contributed by atoms with Gasteiger partial charge in [-0.2, -0.15) is 0 Å². The molecule has 202 valence electrons. The maximum Gasteiger partial charge on any atom is 0.352 e. The van der Waals surface area contributed by atoms with Crippen molar-refractivity contribution in [3.05, 3.63) is 81.0 Å². The van der Waals surface area contributed by atoms with Crippen molar-refractivity contribution in [1.29, 1.82) is 0 Å². The minimum Gasteiger partial charge on any atom is -0.485 e. The van der Waals surface area contributed by atoms with Crippen molar-refractivity contribution in [2.24, 2.45) is 0 Å². The minimum atomic E-state index is -1.27. The molecule has 2 aliphatic heterocycles. The fraction of sp³-hybridized carbons (Fsp3) is 0.200. The van der Waals surface area contributed by atoms with Crippen molar-refractivity contribution in [2.45, 2.75) is 17.8 Å². The second-order valence-electron chi connectivity index (χ2n) is 8.50. The van der Waals surface area contributed by atoms with E-state index >= 15 is 0 Å². The highest BCUT2D eigenvalue weighted by atomic mass is 35.5. The molecule has 0 radical (unpaired) electrons. The van der Waals surface area contributed by atoms with Gasteiger partial charge in [-0.15, -0.1) is 11.8 Å². The van der Waals surface area contributed by atoms with Gasteiger partial charge in [0.05, 0.1) is 22.8 Å². The Bertz CT molecular complexity index is 1480. The van der Waals surface area contributed by atoms with Gasteiger partial charge in [0.25, 0.3) is 5.91 Å². The predicted molar refractivity (Wildman–Crippen MR) is 145 cm³/mol. The zero-order valence-electron chi connectivity index (χ0n) is 19.8. The Kier molecular flexibility index (Phi) is 7.94. The molecular weight excluding hydrogens is 591 g/mol. The molecule has 2 aliphatic rings. The van der Waals surface area contributed by atoms with E-state index in [0.717, 1.165) is 0 Å². The summed E-state index contributed by atoms with van der Waals surface area (Å²) in [7, 11) is 0. The number of ether oxygens (including phenoxy) is 2. The molecule has 2 amide bonds. The van der Waals surface area contributed by atoms with Gasteiger partial charge in [-0.1, -0.05) is 40.9 Å². The number of H-pyrrole nitrogens is 1. The molecule has 3 aromatic rings. The molecule has 2 atom stereocenters. The average molecular weight is 610 g/mol. The van der Waals surface area contributed by atoms with Gasteiger partial charge in [-0.05, 0) is 30.3 Å². The van der Waals surface area contributed by atoms with Crippen LogP contribution in [-0.2, 0) is 20.8 Å². The van der Waals surface area contributed by atoms with E-state index in [1.54, 1.807) is 30.3 Å². The zero-order valence-corrected chi connectivity index (χ0v) is 22.9. The van der Waals surface area contributed by atoms with Crippen molar-refractivity contribution in [2.75, 3.05) is 12.4 Å². The lowest BCUT2D eigenvalue weighted by atomic mass is 10.0. The number of carbonyl (C=O) groups is 3. The van der Waals surface area contributed by atoms with E-state index in [1.807, 2.05) is 0 Å². The van der Waals surface area contributed by atoms with Crippen molar-refractivity contribution in [3.63, 3.8) is 0 Å². The third-order valence-electron chi connectivity index (χ3n) is 5.91. The number of halogens is 3. The van der Waals surface area contributed by atoms with Crippen LogP contribution < -0.4 is 14.8 Å². The molecule has 1 fully saturated rings. The van der Waals surface area contributed by atoms with Crippen LogP contribution in [0.3, 0.4) is 0 Å². The number of hydrogen-bond acceptors (Lipinski definition) is 7. The van der Waals surface area contributed by atoms with Crippen LogP contribution in [0.25, 0.3) is 0 Å². The van der Waals surface area contributed by atoms with Crippen LogP contribution in [0, 0.1) is 0 Å². The molecule has 3 N–H and O–H groups in total. The molecule has 2 aromatic carbocycles. The molecule has 1 aromatic heterocycles. The minimum absolute atomic E-state index is 0.0210. The number of carbonyl (C=O) groups excluding carboxylic acids is 2. The second kappa shape index (κ2) is 11.4. The number of aromatic nitrogens is 2. The standard InChI is InChI=1S/C25H19Cl3N4O6S/c26-13-4-5-17(16(28)6-13)38-22-15(27)2-1-3-18(22)37-9-12-10-39-24-20(23(34)32(24)21(12)25(35)36)31-19(33)7-14-8-29-11-30-14/h1-6,8,11,20,24H,7,9-10H2,(H,29,30)(H,31,33)(H,35,36)/t20?,24-/m0/s1. The van der Waals surface area contributed by atoms with Gasteiger partial charge in [0.2, 0.25) is 5.91 Å². The van der Waals surface area contributed by atoms with Crippen LogP contribution in [0.5, 0.6) is 17.2 Å². The lowest BCUT2D eigenvalue weighted by molar-refractivity contribution is -0.150. The molecule has 3 heterocycles. The first kappa shape index (κ1) is 27.2. The van der Waals surface area contributed by atoms with Crippen molar-refractivity contribution in [3.8, 4) is 17.2 Å². The Morgan fingerprint density at radius 3 is 2.72 bits per heavy atom. The molecule has 1 saturated heterocycles. The van der Waals surface area contributed by atoms with Gasteiger partial charge in [-0.25, -0.2) is 9.78 Å². The van der Waals surface area contributed by atoms with E-state index < -0.39 is 23.3 Å². The van der Waals surface area contributed by atoms with Crippen LogP contribution in [-0.4, -0.2) is 61.5 Å². The zero-order chi connectivity index (χ0) is 27.7. The molecule has 1 unspecified atom stereocenters. The number of carboxylic acid groups (broad SMARTS) is 1. The smallest absolute Gasteiger partial charge is 0.352 e. The fourth-order valence-electron chi connectivity index (χ4n) is 4.11. The first-order valence-corrected chi connectivity index (χ1v) is 13.6. The van der Waals surface area contributed by atoms with E-state index in [4.69, 9.17) is 44.3 Å². The van der Waals surface area contributed by atoms with Gasteiger partial charge < -0.3 is 24.9 Å². The third-order valence-corrected chi connectivity index (χ3v) is 8.08. The van der Waals surface area contributed by atoms with Gasteiger partial charge >= 0.3 is 5.97 Å². The summed E-state index contributed by atoms with van der Waals surface area (Å²) in [4.78, 5) is 45.3. The number of fused-ring (bicyclic) bond motifs is 1. The molecule has 39 heavy (non-hydrogen) atoms. The van der Waals surface area contributed by atoms with Crippen LogP contribution in [0.15, 0.2) is 60.2 Å². The van der Waals surface area contributed by atoms with E-state index in [-0.39, 0.29) is 51.9 Å². The highest BCUT2D eigenvalue weighted by Gasteiger charge is 2.54. The maximum atomic E-state index is 12.9. The van der Waals surface area contributed by atoms with E-state index in [0.29, 0.717) is 22.0 Å². The highest BCUT2D eigenvalue weighted by molar-refractivity contribution is 8.00. The van der Waals surface area contributed by atoms with Crippen molar-refractivity contribution < 1.29 is 29.0 Å².